The molecule has 1 aromatic rings. The summed E-state index contributed by atoms with van der Waals surface area (Å²) in [4.78, 5) is 1.75. The van der Waals surface area contributed by atoms with Crippen LogP contribution in [0.1, 0.15) is 31.7 Å². The lowest BCUT2D eigenvalue weighted by molar-refractivity contribution is 0.0113. The molecule has 106 valence electrons. The minimum atomic E-state index is -2.51. The minimum absolute atomic E-state index is 0.0317. The molecule has 2 nitrogen and oxygen atoms in total. The van der Waals surface area contributed by atoms with Gasteiger partial charge < -0.3 is 4.74 Å². The van der Waals surface area contributed by atoms with Crippen LogP contribution in [-0.4, -0.2) is 37.1 Å². The van der Waals surface area contributed by atoms with Crippen molar-refractivity contribution in [3.8, 4) is 5.75 Å². The molecular formula is C15H21F2NO. The van der Waals surface area contributed by atoms with Crippen LogP contribution in [0.15, 0.2) is 24.3 Å². The molecule has 0 unspecified atom stereocenters. The Morgan fingerprint density at radius 3 is 2.47 bits per heavy atom. The van der Waals surface area contributed by atoms with Gasteiger partial charge in [-0.3, -0.25) is 4.90 Å². The van der Waals surface area contributed by atoms with Crippen molar-refractivity contribution in [1.29, 1.82) is 0 Å². The standard InChI is InChI=1S/C15H21F2NO/c1-12(2)13-3-5-14(6-4-13)19-10-9-18-8-7-15(16,17)11-18/h3-6,12H,7-11H2,1-2H3. The molecule has 1 aliphatic heterocycles. The van der Waals surface area contributed by atoms with E-state index in [-0.39, 0.29) is 13.0 Å². The largest absolute Gasteiger partial charge is 0.492 e. The average Bonchev–Trinajstić information content (AvgIpc) is 2.69. The molecule has 19 heavy (non-hydrogen) atoms. The van der Waals surface area contributed by atoms with E-state index in [1.807, 2.05) is 24.3 Å². The number of likely N-dealkylation sites (tertiary alicyclic amines) is 1. The summed E-state index contributed by atoms with van der Waals surface area (Å²) in [6, 6.07) is 7.97. The number of ether oxygens (including phenoxy) is 1. The van der Waals surface area contributed by atoms with Crippen molar-refractivity contribution in [2.75, 3.05) is 26.2 Å². The Morgan fingerprint density at radius 1 is 1.26 bits per heavy atom. The molecule has 0 atom stereocenters. The first kappa shape index (κ1) is 14.3. The number of rotatable bonds is 5. The maximum Gasteiger partial charge on any atom is 0.261 e. The molecule has 0 aliphatic carbocycles. The van der Waals surface area contributed by atoms with Crippen LogP contribution in [0.2, 0.25) is 0 Å². The van der Waals surface area contributed by atoms with Crippen LogP contribution in [0.4, 0.5) is 8.78 Å². The minimum Gasteiger partial charge on any atom is -0.492 e. The maximum absolute atomic E-state index is 13.0. The van der Waals surface area contributed by atoms with Crippen LogP contribution in [0.5, 0.6) is 5.75 Å². The third-order valence-electron chi connectivity index (χ3n) is 3.47. The highest BCUT2D eigenvalue weighted by atomic mass is 19.3. The fourth-order valence-electron chi connectivity index (χ4n) is 2.24. The van der Waals surface area contributed by atoms with Gasteiger partial charge in [0.15, 0.2) is 0 Å². The second-order valence-electron chi connectivity index (χ2n) is 5.45. The van der Waals surface area contributed by atoms with Gasteiger partial charge in [-0.05, 0) is 23.6 Å². The van der Waals surface area contributed by atoms with E-state index < -0.39 is 5.92 Å². The molecule has 0 amide bonds. The first-order valence-corrected chi connectivity index (χ1v) is 6.79. The van der Waals surface area contributed by atoms with Gasteiger partial charge in [0.05, 0.1) is 6.54 Å². The summed E-state index contributed by atoms with van der Waals surface area (Å²) in [5.74, 6) is -1.21. The van der Waals surface area contributed by atoms with Crippen molar-refractivity contribution in [3.05, 3.63) is 29.8 Å². The van der Waals surface area contributed by atoms with Crippen molar-refractivity contribution in [2.45, 2.75) is 32.1 Å². The van der Waals surface area contributed by atoms with Crippen molar-refractivity contribution < 1.29 is 13.5 Å². The van der Waals surface area contributed by atoms with Crippen molar-refractivity contribution in [2.24, 2.45) is 0 Å². The van der Waals surface area contributed by atoms with E-state index in [9.17, 15) is 8.78 Å². The fraction of sp³-hybridized carbons (Fsp3) is 0.600. The average molecular weight is 269 g/mol. The molecule has 1 fully saturated rings. The number of hydrogen-bond donors (Lipinski definition) is 0. The summed E-state index contributed by atoms with van der Waals surface area (Å²) >= 11 is 0. The normalized spacial score (nSPS) is 19.0. The summed E-state index contributed by atoms with van der Waals surface area (Å²) < 4.78 is 31.5. The van der Waals surface area contributed by atoms with Crippen molar-refractivity contribution in [1.82, 2.24) is 4.90 Å². The Hall–Kier alpha value is -1.16. The highest BCUT2D eigenvalue weighted by Gasteiger charge is 2.37. The zero-order valence-corrected chi connectivity index (χ0v) is 11.5. The molecule has 4 heteroatoms. The fourth-order valence-corrected chi connectivity index (χ4v) is 2.24. The number of nitrogens with zero attached hydrogens (tertiary/aromatic N) is 1. The molecule has 0 aromatic heterocycles. The van der Waals surface area contributed by atoms with E-state index in [1.165, 1.54) is 5.56 Å². The SMILES string of the molecule is CC(C)c1ccc(OCCN2CCC(F)(F)C2)cc1. The van der Waals surface area contributed by atoms with Gasteiger partial charge in [-0.1, -0.05) is 26.0 Å². The second kappa shape index (κ2) is 5.87. The topological polar surface area (TPSA) is 12.5 Å². The summed E-state index contributed by atoms with van der Waals surface area (Å²) in [5, 5.41) is 0. The molecule has 0 N–H and O–H groups in total. The molecule has 0 bridgehead atoms. The van der Waals surface area contributed by atoms with Crippen LogP contribution in [0, 0.1) is 0 Å². The van der Waals surface area contributed by atoms with Crippen LogP contribution in [0.3, 0.4) is 0 Å². The molecule has 0 saturated carbocycles. The molecular weight excluding hydrogens is 248 g/mol. The Kier molecular flexibility index (Phi) is 4.40. The van der Waals surface area contributed by atoms with Gasteiger partial charge in [-0.15, -0.1) is 0 Å². The number of alkyl halides is 2. The Bertz CT molecular complexity index is 403. The summed E-state index contributed by atoms with van der Waals surface area (Å²) in [6.45, 7) is 5.62. The van der Waals surface area contributed by atoms with E-state index in [0.29, 0.717) is 25.6 Å². The van der Waals surface area contributed by atoms with Crippen LogP contribution >= 0.6 is 0 Å². The Labute approximate surface area is 113 Å². The maximum atomic E-state index is 13.0. The number of benzene rings is 1. The number of hydrogen-bond acceptors (Lipinski definition) is 2. The summed E-state index contributed by atoms with van der Waals surface area (Å²) in [7, 11) is 0. The van der Waals surface area contributed by atoms with E-state index in [4.69, 9.17) is 4.74 Å². The number of halogens is 2. The van der Waals surface area contributed by atoms with Gasteiger partial charge in [-0.2, -0.15) is 0 Å². The van der Waals surface area contributed by atoms with Crippen LogP contribution in [0.25, 0.3) is 0 Å². The van der Waals surface area contributed by atoms with Gasteiger partial charge in [0.25, 0.3) is 5.92 Å². The third-order valence-corrected chi connectivity index (χ3v) is 3.47. The molecule has 1 heterocycles. The molecule has 1 aromatic carbocycles. The lowest BCUT2D eigenvalue weighted by atomic mass is 10.0. The van der Waals surface area contributed by atoms with Crippen LogP contribution in [-0.2, 0) is 0 Å². The van der Waals surface area contributed by atoms with Gasteiger partial charge in [0, 0.05) is 19.5 Å². The zero-order valence-electron chi connectivity index (χ0n) is 11.5. The molecule has 0 spiro atoms. The second-order valence-corrected chi connectivity index (χ2v) is 5.45. The van der Waals surface area contributed by atoms with E-state index in [1.54, 1.807) is 4.90 Å². The zero-order chi connectivity index (χ0) is 13.9. The highest BCUT2D eigenvalue weighted by Crippen LogP contribution is 2.26. The third kappa shape index (κ3) is 4.16. The van der Waals surface area contributed by atoms with Crippen LogP contribution < -0.4 is 4.74 Å². The quantitative estimate of drug-likeness (QED) is 0.810. The predicted molar refractivity (Wildman–Crippen MR) is 72.0 cm³/mol. The van der Waals surface area contributed by atoms with E-state index >= 15 is 0 Å². The van der Waals surface area contributed by atoms with Crippen molar-refractivity contribution in [3.63, 3.8) is 0 Å². The molecule has 1 aliphatic rings. The first-order valence-electron chi connectivity index (χ1n) is 6.79. The van der Waals surface area contributed by atoms with Gasteiger partial charge in [0.2, 0.25) is 0 Å². The van der Waals surface area contributed by atoms with E-state index in [0.717, 1.165) is 5.75 Å². The van der Waals surface area contributed by atoms with E-state index in [2.05, 4.69) is 13.8 Å². The highest BCUT2D eigenvalue weighted by molar-refractivity contribution is 5.28. The lowest BCUT2D eigenvalue weighted by Crippen LogP contribution is -2.29. The van der Waals surface area contributed by atoms with Gasteiger partial charge in [-0.25, -0.2) is 8.78 Å². The molecule has 0 radical (unpaired) electrons. The van der Waals surface area contributed by atoms with Crippen molar-refractivity contribution >= 4 is 0 Å². The summed E-state index contributed by atoms with van der Waals surface area (Å²) in [5.41, 5.74) is 1.27. The molecule has 1 saturated heterocycles. The summed E-state index contributed by atoms with van der Waals surface area (Å²) in [6.07, 6.45) is -0.0317. The first-order chi connectivity index (χ1) is 8.96. The predicted octanol–water partition coefficient (Wildman–Crippen LogP) is 3.53. The van der Waals surface area contributed by atoms with Gasteiger partial charge >= 0.3 is 0 Å². The monoisotopic (exact) mass is 269 g/mol. The molecule has 2 rings (SSSR count). The Balaban J connectivity index is 1.74. The Morgan fingerprint density at radius 2 is 1.95 bits per heavy atom. The van der Waals surface area contributed by atoms with Gasteiger partial charge in [0.1, 0.15) is 12.4 Å². The lowest BCUT2D eigenvalue weighted by Gasteiger charge is -2.16. The smallest absolute Gasteiger partial charge is 0.261 e.